The largest absolute Gasteiger partial charge is 0.459 e. The van der Waals surface area contributed by atoms with E-state index < -0.39 is 105 Å². The predicted octanol–water partition coefficient (Wildman–Crippen LogP) is 7.33. The number of esters is 1. The van der Waals surface area contributed by atoms with Crippen LogP contribution >= 0.6 is 0 Å². The fraction of sp³-hybridized carbons (Fsp3) is 0.591. The van der Waals surface area contributed by atoms with Crippen molar-refractivity contribution < 1.29 is 94.8 Å². The molecular weight excluding hydrogens is 1710 g/mol. The van der Waals surface area contributed by atoms with Crippen LogP contribution in [0.4, 0.5) is 17.8 Å². The number of aliphatic hydroxyl groups is 3. The maximum Gasteiger partial charge on any atom is 0.329 e. The number of piperidine rings is 1. The zero-order valence-electron chi connectivity index (χ0n) is 76.3. The zero-order valence-corrected chi connectivity index (χ0v) is 77.1. The second kappa shape index (κ2) is 47.5. The monoisotopic (exact) mass is 1840 g/mol. The third-order valence-corrected chi connectivity index (χ3v) is 27.4. The van der Waals surface area contributed by atoms with Crippen molar-refractivity contribution in [2.24, 2.45) is 35.3 Å². The van der Waals surface area contributed by atoms with Crippen molar-refractivity contribution in [1.29, 1.82) is 0 Å². The van der Waals surface area contributed by atoms with Gasteiger partial charge in [-0.05, 0) is 149 Å². The molecule has 4 aliphatic heterocycles. The van der Waals surface area contributed by atoms with Gasteiger partial charge < -0.3 is 89.9 Å². The number of hydrogen-bond donors (Lipinski definition) is 7. The Kier molecular flexibility index (Phi) is 36.3. The molecule has 2 aromatic carbocycles. The highest BCUT2D eigenvalue weighted by Crippen LogP contribution is 2.39. The molecule has 9 heterocycles. The maximum absolute atomic E-state index is 14.8. The Morgan fingerprint density at radius 2 is 1.53 bits per heavy atom. The molecule has 1 aliphatic carbocycles. The fourth-order valence-electron chi connectivity index (χ4n) is 17.7. The van der Waals surface area contributed by atoms with Crippen LogP contribution in [0.15, 0.2) is 119 Å². The minimum atomic E-state index is -3.64. The minimum absolute atomic E-state index is 0.00701. The van der Waals surface area contributed by atoms with Crippen LogP contribution in [-0.2, 0) is 103 Å². The number of ketones is 3. The molecule has 1 saturated carbocycles. The van der Waals surface area contributed by atoms with E-state index in [9.17, 15) is 52.5 Å². The van der Waals surface area contributed by atoms with Gasteiger partial charge in [0.05, 0.1) is 94.0 Å². The van der Waals surface area contributed by atoms with Crippen LogP contribution in [0.1, 0.15) is 149 Å². The second-order valence-corrected chi connectivity index (χ2v) is 37.2. The number of nitrogen functional groups attached to an aromatic ring is 2. The number of carbonyl (C=O) groups excluding carboxylic acids is 6. The standard InChI is InChI=1S/C93H129N17O20S/c1-58-17-10-9-11-18-59(2)77(122-7)51-70-25-22-63(6)93(119,130-70)86(116)89(117)109-31-14-12-21-73(109)90(118)128-78(52-74(111)60(3)46-62(5)84(114)85(115)83(113)61(4)45-58)71(94)48-64-23-26-76(79(49-64)123-8)127-56-65-19-16-20-66(47-65)68-53-98-92(99-54-68)106-33-35-108(36-34-106)131(120,121)44-29-69-55-107(105-103-69)37-39-125-41-43-126-42-40-124-38-28-80(112)97-30-13-15-32-110-88-81(87(95)100-57-101-88)82(104-110)67-24-27-75-72(50-67)102-91(96)129-75/h9-11,16-20,24,27,46-47,50,53-55,57-58,60-61,63-64,70-71,73,76-79,84-85,114-115,119H,12-15,21-23,25-26,28-45,48-49,51-52,56,94H2,1-8H3,(H2,96,102)(H,97,112)(H2,95,100,101)/b11-9?,17-10+,59-18?,62-46+/t58-,60-,61-,63-,64+,70+,71-,73+,76-,77+,78+,79-,84-,85+,93-/m1/s1. The highest BCUT2D eigenvalue weighted by Gasteiger charge is 2.53. The number of allylic oxidation sites excluding steroid dienone is 6. The molecule has 15 atom stereocenters. The number of aromatic nitrogens is 10. The average Bonchev–Trinajstić information content (AvgIpc) is 1.53. The molecule has 10 N–H and O–H groups in total. The number of cyclic esters (lactones) is 1. The summed E-state index contributed by atoms with van der Waals surface area (Å²) >= 11 is 0. The number of oxazole rings is 1. The third-order valence-electron chi connectivity index (χ3n) is 25.5. The molecule has 5 aromatic heterocycles. The van der Waals surface area contributed by atoms with Crippen molar-refractivity contribution >= 4 is 85.1 Å². The molecule has 131 heavy (non-hydrogen) atoms. The van der Waals surface area contributed by atoms with Crippen molar-refractivity contribution in [3.8, 4) is 22.4 Å². The van der Waals surface area contributed by atoms with E-state index in [1.165, 1.54) is 23.6 Å². The first-order chi connectivity index (χ1) is 63.0. The molecule has 0 radical (unpaired) electrons. The average molecular weight is 1840 g/mol. The summed E-state index contributed by atoms with van der Waals surface area (Å²) in [5.41, 5.74) is 26.4. The smallest absolute Gasteiger partial charge is 0.329 e. The summed E-state index contributed by atoms with van der Waals surface area (Å²) in [5.74, 6) is -8.60. The van der Waals surface area contributed by atoms with Crippen LogP contribution in [0.5, 0.6) is 0 Å². The number of carbonyl (C=O) groups is 6. The van der Waals surface area contributed by atoms with Gasteiger partial charge in [-0.2, -0.15) is 14.4 Å². The number of nitrogens with zero attached hydrogens (tertiary/aromatic N) is 13. The van der Waals surface area contributed by atoms with Crippen LogP contribution in [0.25, 0.3) is 44.5 Å². The molecule has 4 fully saturated rings. The molecular formula is C93H129N17O20S. The summed E-state index contributed by atoms with van der Waals surface area (Å²) in [7, 11) is -0.464. The molecule has 5 aliphatic rings. The predicted molar refractivity (Wildman–Crippen MR) is 487 cm³/mol. The maximum atomic E-state index is 14.8. The minimum Gasteiger partial charge on any atom is -0.459 e. The Hall–Kier alpha value is -10.1. The molecule has 12 rings (SSSR count). The summed E-state index contributed by atoms with van der Waals surface area (Å²) in [6.07, 6.45) is 17.0. The number of nitrogens with two attached hydrogens (primary N) is 3. The zero-order chi connectivity index (χ0) is 93.5. The van der Waals surface area contributed by atoms with E-state index in [4.69, 9.17) is 74.6 Å². The number of anilines is 3. The Morgan fingerprint density at radius 3 is 2.30 bits per heavy atom. The van der Waals surface area contributed by atoms with Crippen LogP contribution in [0.3, 0.4) is 0 Å². The fourth-order valence-corrected chi connectivity index (χ4v) is 19.1. The number of hydrogen-bond acceptors (Lipinski definition) is 32. The normalized spacial score (nSPS) is 26.4. The molecule has 712 valence electrons. The third kappa shape index (κ3) is 26.9. The van der Waals surface area contributed by atoms with E-state index >= 15 is 0 Å². The number of methoxy groups -OCH3 is 2. The number of piperazine rings is 1. The second-order valence-electron chi connectivity index (χ2n) is 35.2. The van der Waals surface area contributed by atoms with Gasteiger partial charge >= 0.3 is 5.97 Å². The van der Waals surface area contributed by atoms with E-state index in [1.54, 1.807) is 69.0 Å². The lowest BCUT2D eigenvalue weighted by Crippen LogP contribution is -2.61. The molecule has 38 heteroatoms. The summed E-state index contributed by atoms with van der Waals surface area (Å²) in [5, 5.41) is 51.6. The van der Waals surface area contributed by atoms with Crippen molar-refractivity contribution in [2.75, 3.05) is 115 Å². The Labute approximate surface area is 764 Å². The van der Waals surface area contributed by atoms with E-state index in [2.05, 4.69) is 30.6 Å². The van der Waals surface area contributed by atoms with Gasteiger partial charge in [-0.3, -0.25) is 24.0 Å². The van der Waals surface area contributed by atoms with E-state index in [1.807, 2.05) is 85.5 Å². The van der Waals surface area contributed by atoms with Crippen molar-refractivity contribution in [3.05, 3.63) is 126 Å². The summed E-state index contributed by atoms with van der Waals surface area (Å²) in [6, 6.07) is 11.2. The highest BCUT2D eigenvalue weighted by atomic mass is 32.2. The Morgan fingerprint density at radius 1 is 0.771 bits per heavy atom. The Balaban J connectivity index is 0.551. The number of benzene rings is 2. The first-order valence-corrected chi connectivity index (χ1v) is 47.3. The topological polar surface area (TPSA) is 497 Å². The number of unbranched alkanes of at least 4 members (excludes halogenated alkanes) is 1. The molecule has 7 aromatic rings. The van der Waals surface area contributed by atoms with Gasteiger partial charge in [0.1, 0.15) is 53.5 Å². The number of amides is 2. The summed E-state index contributed by atoms with van der Waals surface area (Å²) < 4.78 is 85.7. The molecule has 3 saturated heterocycles. The van der Waals surface area contributed by atoms with Crippen LogP contribution in [-0.4, -0.2) is 277 Å². The quantitative estimate of drug-likeness (QED) is 0.00938. The molecule has 0 spiro atoms. The number of aryl methyl sites for hydroxylation is 2. The summed E-state index contributed by atoms with van der Waals surface area (Å²) in [4.78, 5) is 110. The van der Waals surface area contributed by atoms with Gasteiger partial charge in [0.2, 0.25) is 27.7 Å². The summed E-state index contributed by atoms with van der Waals surface area (Å²) in [6.45, 7) is 15.2. The van der Waals surface area contributed by atoms with Crippen molar-refractivity contribution in [2.45, 2.75) is 225 Å². The molecule has 2 amide bonds. The number of aliphatic hydroxyl groups excluding tert-OH is 2. The van der Waals surface area contributed by atoms with Gasteiger partial charge in [0.15, 0.2) is 17.0 Å². The lowest BCUT2D eigenvalue weighted by atomic mass is 9.80. The van der Waals surface area contributed by atoms with Gasteiger partial charge in [0.25, 0.3) is 17.7 Å². The number of ether oxygens (including phenoxy) is 8. The van der Waals surface area contributed by atoms with E-state index in [-0.39, 0.29) is 119 Å². The van der Waals surface area contributed by atoms with Crippen molar-refractivity contribution in [1.82, 2.24) is 64.2 Å². The van der Waals surface area contributed by atoms with Gasteiger partial charge in [-0.1, -0.05) is 87.6 Å². The highest BCUT2D eigenvalue weighted by molar-refractivity contribution is 7.89. The van der Waals surface area contributed by atoms with E-state index in [0.29, 0.717) is 169 Å². The lowest BCUT2D eigenvalue weighted by molar-refractivity contribution is -0.265. The van der Waals surface area contributed by atoms with Crippen LogP contribution < -0.4 is 27.4 Å². The van der Waals surface area contributed by atoms with Crippen LogP contribution in [0, 0.1) is 29.6 Å². The van der Waals surface area contributed by atoms with Gasteiger partial charge in [0, 0.05) is 139 Å². The van der Waals surface area contributed by atoms with Crippen molar-refractivity contribution in [3.63, 3.8) is 0 Å². The number of sulfonamides is 1. The van der Waals surface area contributed by atoms with Crippen LogP contribution in [0.2, 0.25) is 0 Å². The molecule has 2 bridgehead atoms. The molecule has 37 nitrogen and oxygen atoms in total. The number of rotatable bonds is 32. The number of Topliss-reactive ketones (excluding diaryl/α,β-unsaturated/α-hetero) is 3. The van der Waals surface area contributed by atoms with E-state index in [0.717, 1.165) is 39.1 Å². The lowest BCUT2D eigenvalue weighted by Gasteiger charge is -2.42. The number of nitrogens with one attached hydrogen (secondary N) is 1. The number of fused-ring (bicyclic) bond motifs is 5. The Bertz CT molecular complexity index is 5250. The van der Waals surface area contributed by atoms with Gasteiger partial charge in [-0.15, -0.1) is 5.10 Å². The van der Waals surface area contributed by atoms with Gasteiger partial charge in [-0.25, -0.2) is 42.5 Å². The SMILES string of the molecule is CO[C@H]1C[C@@H]2CC[C@@H](C)[C@@](O)(O2)C(=O)C(=O)N2CCCC[C@H]2C(=O)O[C@H]([C@H](N)C[C@@H]2CC[C@@H](OCc3cccc(-c4cnc(N5CCN(S(=O)(=O)CCc6cn(CCOCCOCCOCCC(=O)NCCCCn7nc(-c8ccc9oc(N)nc9c8)c8c(N)ncnc87)nn6)CC5)nc4)c3)[C@H](OC)C2)CC(=O)[C@H](C)/C=C(\C)[C@@H](O)[C@@H](O)C(=O)[C@H](C)C[C@H](C)/C=C/C=CC=C1C. The first-order valence-electron chi connectivity index (χ1n) is 45.7. The first kappa shape index (κ1) is 99.9. The molecule has 0 unspecified atom stereocenters.